The molecule has 0 aromatic heterocycles. The lowest BCUT2D eigenvalue weighted by molar-refractivity contribution is -0.127. The smallest absolute Gasteiger partial charge is 0.243 e. The highest BCUT2D eigenvalue weighted by molar-refractivity contribution is 7.89. The molecule has 1 fully saturated rings. The van der Waals surface area contributed by atoms with Crippen molar-refractivity contribution in [3.05, 3.63) is 53.8 Å². The molecule has 0 bridgehead atoms. The molecule has 2 heterocycles. The molecule has 0 aliphatic carbocycles. The first kappa shape index (κ1) is 23.5. The first-order valence-corrected chi connectivity index (χ1v) is 12.5. The van der Waals surface area contributed by atoms with Gasteiger partial charge in [0.25, 0.3) is 0 Å². The van der Waals surface area contributed by atoms with Gasteiger partial charge in [0.2, 0.25) is 15.9 Å². The summed E-state index contributed by atoms with van der Waals surface area (Å²) in [6.07, 6.45) is 1.76. The highest BCUT2D eigenvalue weighted by Crippen LogP contribution is 2.41. The number of carbonyl (C=O) groups is 1. The number of nitrogens with one attached hydrogen (secondary N) is 1. The van der Waals surface area contributed by atoms with Crippen LogP contribution in [0.3, 0.4) is 0 Å². The van der Waals surface area contributed by atoms with E-state index in [1.807, 2.05) is 32.0 Å². The van der Waals surface area contributed by atoms with E-state index in [1.165, 1.54) is 16.4 Å². The summed E-state index contributed by atoms with van der Waals surface area (Å²) >= 11 is 0. The van der Waals surface area contributed by atoms with Crippen LogP contribution in [0.4, 0.5) is 4.39 Å². The minimum Gasteiger partial charge on any atom is -0.497 e. The third-order valence-electron chi connectivity index (χ3n) is 6.20. The number of benzene rings is 2. The zero-order valence-electron chi connectivity index (χ0n) is 19.0. The van der Waals surface area contributed by atoms with Crippen LogP contribution in [-0.2, 0) is 14.8 Å². The quantitative estimate of drug-likeness (QED) is 0.712. The van der Waals surface area contributed by atoms with Crippen molar-refractivity contribution in [1.29, 1.82) is 0 Å². The third-order valence-corrected chi connectivity index (χ3v) is 8.08. The van der Waals surface area contributed by atoms with Gasteiger partial charge in [-0.05, 0) is 63.1 Å². The van der Waals surface area contributed by atoms with Crippen molar-refractivity contribution in [2.75, 3.05) is 20.2 Å². The largest absolute Gasteiger partial charge is 0.497 e. The summed E-state index contributed by atoms with van der Waals surface area (Å²) < 4.78 is 52.0. The van der Waals surface area contributed by atoms with Crippen molar-refractivity contribution in [2.45, 2.75) is 49.6 Å². The lowest BCUT2D eigenvalue weighted by Gasteiger charge is -2.39. The zero-order chi connectivity index (χ0) is 23.8. The monoisotopic (exact) mass is 476 g/mol. The fraction of sp³-hybridized carbons (Fsp3) is 0.458. The molecule has 33 heavy (non-hydrogen) atoms. The number of rotatable bonds is 5. The molecule has 0 saturated carbocycles. The SMILES string of the molecule is COc1ccc2c(c1)OC(C)(C)C[C@@H]2NC(=O)[C@@H]1CCCN(S(=O)(=O)c2ccc(F)cc2)C1. The van der Waals surface area contributed by atoms with Crippen LogP contribution in [0.5, 0.6) is 11.5 Å². The summed E-state index contributed by atoms with van der Waals surface area (Å²) in [4.78, 5) is 13.2. The summed E-state index contributed by atoms with van der Waals surface area (Å²) in [6, 6.07) is 10.0. The Hall–Kier alpha value is -2.65. The molecule has 0 unspecified atom stereocenters. The molecule has 178 valence electrons. The van der Waals surface area contributed by atoms with Gasteiger partial charge in [0.1, 0.15) is 22.9 Å². The molecule has 2 aromatic rings. The average Bonchev–Trinajstić information content (AvgIpc) is 2.78. The molecule has 2 aromatic carbocycles. The Morgan fingerprint density at radius 1 is 1.21 bits per heavy atom. The van der Waals surface area contributed by atoms with Crippen LogP contribution in [0.15, 0.2) is 47.4 Å². The van der Waals surface area contributed by atoms with Gasteiger partial charge in [-0.2, -0.15) is 4.31 Å². The maximum atomic E-state index is 13.2. The summed E-state index contributed by atoms with van der Waals surface area (Å²) in [5.74, 6) is 0.188. The number of methoxy groups -OCH3 is 1. The number of ether oxygens (including phenoxy) is 2. The van der Waals surface area contributed by atoms with Crippen LogP contribution in [0, 0.1) is 11.7 Å². The van der Waals surface area contributed by atoms with Gasteiger partial charge in [-0.15, -0.1) is 0 Å². The molecule has 2 atom stereocenters. The number of carbonyl (C=O) groups excluding carboxylic acids is 1. The number of hydrogen-bond donors (Lipinski definition) is 1. The first-order valence-electron chi connectivity index (χ1n) is 11.0. The Kier molecular flexibility index (Phi) is 6.37. The third kappa shape index (κ3) is 4.99. The van der Waals surface area contributed by atoms with E-state index in [0.717, 1.165) is 17.7 Å². The average molecular weight is 477 g/mol. The lowest BCUT2D eigenvalue weighted by atomic mass is 9.88. The van der Waals surface area contributed by atoms with Gasteiger partial charge in [-0.3, -0.25) is 4.79 Å². The van der Waals surface area contributed by atoms with Gasteiger partial charge < -0.3 is 14.8 Å². The summed E-state index contributed by atoms with van der Waals surface area (Å²) in [6.45, 7) is 4.35. The molecule has 7 nitrogen and oxygen atoms in total. The standard InChI is InChI=1S/C24H29FN2O5S/c1-24(2)14-21(20-11-8-18(31-3)13-22(20)32-24)26-23(28)16-5-4-12-27(15-16)33(29,30)19-9-6-17(25)7-10-19/h6-11,13,16,21H,4-5,12,14-15H2,1-3H3,(H,26,28)/t16-,21+/m1/s1. The van der Waals surface area contributed by atoms with Crippen LogP contribution in [0.1, 0.15) is 44.7 Å². The van der Waals surface area contributed by atoms with E-state index in [0.29, 0.717) is 37.3 Å². The topological polar surface area (TPSA) is 84.9 Å². The van der Waals surface area contributed by atoms with Gasteiger partial charge >= 0.3 is 0 Å². The fourth-order valence-corrected chi connectivity index (χ4v) is 6.03. The molecule has 2 aliphatic heterocycles. The molecule has 4 rings (SSSR count). The van der Waals surface area contributed by atoms with Gasteiger partial charge in [0.05, 0.1) is 24.0 Å². The number of sulfonamides is 1. The Morgan fingerprint density at radius 3 is 2.64 bits per heavy atom. The molecule has 1 N–H and O–H groups in total. The summed E-state index contributed by atoms with van der Waals surface area (Å²) in [5, 5.41) is 3.13. The highest BCUT2D eigenvalue weighted by Gasteiger charge is 2.38. The van der Waals surface area contributed by atoms with Crippen molar-refractivity contribution in [2.24, 2.45) is 5.92 Å². The second-order valence-electron chi connectivity index (χ2n) is 9.19. The fourth-order valence-electron chi connectivity index (χ4n) is 4.51. The number of piperidine rings is 1. The maximum absolute atomic E-state index is 13.2. The van der Waals surface area contributed by atoms with E-state index in [9.17, 15) is 17.6 Å². The van der Waals surface area contributed by atoms with Crippen molar-refractivity contribution in [3.8, 4) is 11.5 Å². The lowest BCUT2D eigenvalue weighted by Crippen LogP contribution is -2.48. The van der Waals surface area contributed by atoms with E-state index in [4.69, 9.17) is 9.47 Å². The number of halogens is 1. The van der Waals surface area contributed by atoms with Gasteiger partial charge in [0.15, 0.2) is 0 Å². The molecule has 1 amide bonds. The van der Waals surface area contributed by atoms with Crippen LogP contribution in [-0.4, -0.2) is 44.4 Å². The van der Waals surface area contributed by atoms with E-state index in [1.54, 1.807) is 7.11 Å². The van der Waals surface area contributed by atoms with E-state index < -0.39 is 27.4 Å². The van der Waals surface area contributed by atoms with Crippen LogP contribution >= 0.6 is 0 Å². The van der Waals surface area contributed by atoms with E-state index >= 15 is 0 Å². The van der Waals surface area contributed by atoms with E-state index in [2.05, 4.69) is 5.32 Å². The van der Waals surface area contributed by atoms with Crippen molar-refractivity contribution >= 4 is 15.9 Å². The Labute approximate surface area is 193 Å². The minimum absolute atomic E-state index is 0.0269. The van der Waals surface area contributed by atoms with Crippen LogP contribution in [0.25, 0.3) is 0 Å². The highest BCUT2D eigenvalue weighted by atomic mass is 32.2. The number of hydrogen-bond acceptors (Lipinski definition) is 5. The molecule has 0 radical (unpaired) electrons. The Morgan fingerprint density at radius 2 is 1.94 bits per heavy atom. The molecule has 2 aliphatic rings. The van der Waals surface area contributed by atoms with Gasteiger partial charge in [-0.25, -0.2) is 12.8 Å². The van der Waals surface area contributed by atoms with Gasteiger partial charge in [0, 0.05) is 31.1 Å². The van der Waals surface area contributed by atoms with Crippen molar-refractivity contribution in [1.82, 2.24) is 9.62 Å². The first-order chi connectivity index (χ1) is 15.6. The van der Waals surface area contributed by atoms with Crippen LogP contribution in [0.2, 0.25) is 0 Å². The predicted octanol–water partition coefficient (Wildman–Crippen LogP) is 3.65. The van der Waals surface area contributed by atoms with E-state index in [-0.39, 0.29) is 23.4 Å². The predicted molar refractivity (Wildman–Crippen MR) is 121 cm³/mol. The molecule has 1 saturated heterocycles. The van der Waals surface area contributed by atoms with Crippen molar-refractivity contribution < 1.29 is 27.1 Å². The van der Waals surface area contributed by atoms with Crippen molar-refractivity contribution in [3.63, 3.8) is 0 Å². The maximum Gasteiger partial charge on any atom is 0.243 e. The number of nitrogens with zero attached hydrogens (tertiary/aromatic N) is 1. The Bertz CT molecular complexity index is 1130. The number of fused-ring (bicyclic) bond motifs is 1. The van der Waals surface area contributed by atoms with Gasteiger partial charge in [-0.1, -0.05) is 0 Å². The Balaban J connectivity index is 1.50. The number of amides is 1. The second kappa shape index (κ2) is 8.95. The molecular formula is C24H29FN2O5S. The molecular weight excluding hydrogens is 447 g/mol. The zero-order valence-corrected chi connectivity index (χ0v) is 19.8. The van der Waals surface area contributed by atoms with Crippen LogP contribution < -0.4 is 14.8 Å². The summed E-state index contributed by atoms with van der Waals surface area (Å²) in [7, 11) is -2.21. The minimum atomic E-state index is -3.80. The molecule has 9 heteroatoms. The molecule has 0 spiro atoms. The normalized spacial score (nSPS) is 22.7. The second-order valence-corrected chi connectivity index (χ2v) is 11.1. The summed E-state index contributed by atoms with van der Waals surface area (Å²) in [5.41, 5.74) is 0.386.